The first kappa shape index (κ1) is 10.1. The van der Waals surface area contributed by atoms with Gasteiger partial charge in [-0.15, -0.1) is 0 Å². The molecule has 1 aromatic rings. The van der Waals surface area contributed by atoms with Crippen molar-refractivity contribution in [2.75, 3.05) is 7.05 Å². The third-order valence-electron chi connectivity index (χ3n) is 1.58. The van der Waals surface area contributed by atoms with E-state index >= 15 is 0 Å². The van der Waals surface area contributed by atoms with Crippen molar-refractivity contribution < 1.29 is 8.42 Å². The standard InChI is InChI=1S/C7H11N3O2S/c1-9-13(11,12)7-3-2-6(4-8)5-10-7/h2-3,5,9H,4,8H2,1H3. The van der Waals surface area contributed by atoms with Crippen LogP contribution < -0.4 is 10.5 Å². The topological polar surface area (TPSA) is 85.1 Å². The van der Waals surface area contributed by atoms with E-state index in [2.05, 4.69) is 9.71 Å². The van der Waals surface area contributed by atoms with Gasteiger partial charge in [0, 0.05) is 12.7 Å². The SMILES string of the molecule is CNS(=O)(=O)c1ccc(CN)cn1. The van der Waals surface area contributed by atoms with E-state index in [1.807, 2.05) is 0 Å². The van der Waals surface area contributed by atoms with Gasteiger partial charge in [-0.3, -0.25) is 0 Å². The Balaban J connectivity index is 3.06. The van der Waals surface area contributed by atoms with Crippen molar-refractivity contribution in [3.8, 4) is 0 Å². The number of rotatable bonds is 3. The number of aromatic nitrogens is 1. The van der Waals surface area contributed by atoms with Crippen LogP contribution in [0.15, 0.2) is 23.4 Å². The van der Waals surface area contributed by atoms with Crippen LogP contribution in [-0.2, 0) is 16.6 Å². The molecule has 1 rings (SSSR count). The summed E-state index contributed by atoms with van der Waals surface area (Å²) in [5.74, 6) is 0. The fraction of sp³-hybridized carbons (Fsp3) is 0.286. The van der Waals surface area contributed by atoms with Gasteiger partial charge in [0.25, 0.3) is 10.0 Å². The summed E-state index contributed by atoms with van der Waals surface area (Å²) in [6, 6.07) is 3.06. The zero-order valence-electron chi connectivity index (χ0n) is 7.19. The van der Waals surface area contributed by atoms with E-state index in [0.717, 1.165) is 5.56 Å². The van der Waals surface area contributed by atoms with E-state index in [4.69, 9.17) is 5.73 Å². The Morgan fingerprint density at radius 2 is 2.23 bits per heavy atom. The highest BCUT2D eigenvalue weighted by Gasteiger charge is 2.11. The second-order valence-corrected chi connectivity index (χ2v) is 4.25. The smallest absolute Gasteiger partial charge is 0.257 e. The zero-order chi connectivity index (χ0) is 9.90. The van der Waals surface area contributed by atoms with E-state index in [9.17, 15) is 8.42 Å². The summed E-state index contributed by atoms with van der Waals surface area (Å²) in [5.41, 5.74) is 6.14. The fourth-order valence-corrected chi connectivity index (χ4v) is 1.44. The molecule has 1 aromatic heterocycles. The lowest BCUT2D eigenvalue weighted by molar-refractivity contribution is 0.584. The lowest BCUT2D eigenvalue weighted by Crippen LogP contribution is -2.19. The summed E-state index contributed by atoms with van der Waals surface area (Å²) in [4.78, 5) is 3.76. The predicted octanol–water partition coefficient (Wildman–Crippen LogP) is -0.552. The highest BCUT2D eigenvalue weighted by molar-refractivity contribution is 7.89. The van der Waals surface area contributed by atoms with E-state index in [0.29, 0.717) is 6.54 Å². The first-order valence-corrected chi connectivity index (χ1v) is 5.17. The molecule has 5 nitrogen and oxygen atoms in total. The number of pyridine rings is 1. The molecule has 13 heavy (non-hydrogen) atoms. The van der Waals surface area contributed by atoms with Crippen molar-refractivity contribution in [3.05, 3.63) is 23.9 Å². The second-order valence-electron chi connectivity index (χ2n) is 2.42. The van der Waals surface area contributed by atoms with Crippen LogP contribution in [0.5, 0.6) is 0 Å². The lowest BCUT2D eigenvalue weighted by atomic mass is 10.3. The second kappa shape index (κ2) is 3.82. The van der Waals surface area contributed by atoms with Crippen molar-refractivity contribution in [1.82, 2.24) is 9.71 Å². The molecule has 0 radical (unpaired) electrons. The van der Waals surface area contributed by atoms with Gasteiger partial charge in [-0.05, 0) is 18.7 Å². The molecule has 0 saturated carbocycles. The maximum absolute atomic E-state index is 11.2. The van der Waals surface area contributed by atoms with Gasteiger partial charge in [-0.1, -0.05) is 6.07 Å². The number of sulfonamides is 1. The Labute approximate surface area is 77.0 Å². The average molecular weight is 201 g/mol. The molecule has 1 heterocycles. The van der Waals surface area contributed by atoms with Gasteiger partial charge < -0.3 is 5.73 Å². The third kappa shape index (κ3) is 2.24. The molecule has 0 bridgehead atoms. The maximum atomic E-state index is 11.2. The van der Waals surface area contributed by atoms with Crippen molar-refractivity contribution in [3.63, 3.8) is 0 Å². The number of nitrogens with one attached hydrogen (secondary N) is 1. The monoisotopic (exact) mass is 201 g/mol. The van der Waals surface area contributed by atoms with E-state index in [1.165, 1.54) is 19.3 Å². The Morgan fingerprint density at radius 1 is 1.54 bits per heavy atom. The van der Waals surface area contributed by atoms with Gasteiger partial charge >= 0.3 is 0 Å². The van der Waals surface area contributed by atoms with Gasteiger partial charge in [0.2, 0.25) is 0 Å². The largest absolute Gasteiger partial charge is 0.326 e. The Morgan fingerprint density at radius 3 is 2.62 bits per heavy atom. The molecule has 0 saturated heterocycles. The summed E-state index contributed by atoms with van der Waals surface area (Å²) in [5, 5.41) is 0.00667. The summed E-state index contributed by atoms with van der Waals surface area (Å²) >= 11 is 0. The molecule has 0 fully saturated rings. The minimum Gasteiger partial charge on any atom is -0.326 e. The van der Waals surface area contributed by atoms with Gasteiger partial charge in [0.1, 0.15) is 0 Å². The van der Waals surface area contributed by atoms with Crippen molar-refractivity contribution >= 4 is 10.0 Å². The molecular weight excluding hydrogens is 190 g/mol. The van der Waals surface area contributed by atoms with Crippen LogP contribution in [0, 0.1) is 0 Å². The molecule has 0 aliphatic rings. The number of hydrogen-bond donors (Lipinski definition) is 2. The zero-order valence-corrected chi connectivity index (χ0v) is 8.00. The lowest BCUT2D eigenvalue weighted by Gasteiger charge is -2.01. The van der Waals surface area contributed by atoms with Crippen LogP contribution in [0.2, 0.25) is 0 Å². The number of nitrogens with zero attached hydrogens (tertiary/aromatic N) is 1. The molecule has 0 amide bonds. The van der Waals surface area contributed by atoms with Crippen LogP contribution in [0.25, 0.3) is 0 Å². The molecule has 0 aliphatic carbocycles. The molecule has 0 atom stereocenters. The quantitative estimate of drug-likeness (QED) is 0.687. The van der Waals surface area contributed by atoms with Gasteiger partial charge in [-0.25, -0.2) is 18.1 Å². The van der Waals surface area contributed by atoms with Crippen LogP contribution in [-0.4, -0.2) is 20.4 Å². The third-order valence-corrected chi connectivity index (χ3v) is 2.91. The van der Waals surface area contributed by atoms with Crippen LogP contribution in [0.3, 0.4) is 0 Å². The van der Waals surface area contributed by atoms with Gasteiger partial charge in [-0.2, -0.15) is 0 Å². The molecule has 0 aromatic carbocycles. The Kier molecular flexibility index (Phi) is 2.97. The maximum Gasteiger partial charge on any atom is 0.257 e. The molecule has 0 unspecified atom stereocenters. The van der Waals surface area contributed by atoms with Crippen molar-refractivity contribution in [2.45, 2.75) is 11.6 Å². The summed E-state index contributed by atoms with van der Waals surface area (Å²) < 4.78 is 24.6. The fourth-order valence-electron chi connectivity index (χ4n) is 0.795. The minimum absolute atomic E-state index is 0.00667. The van der Waals surface area contributed by atoms with Gasteiger partial charge in [0.05, 0.1) is 0 Å². The number of nitrogens with two attached hydrogens (primary N) is 1. The summed E-state index contributed by atoms with van der Waals surface area (Å²) in [7, 11) is -2.08. The van der Waals surface area contributed by atoms with E-state index in [-0.39, 0.29) is 5.03 Å². The Hall–Kier alpha value is -0.980. The molecular formula is C7H11N3O2S. The molecule has 72 valence electrons. The molecule has 6 heteroatoms. The normalized spacial score (nSPS) is 11.5. The Bertz CT molecular complexity index is 371. The van der Waals surface area contributed by atoms with Crippen molar-refractivity contribution in [2.24, 2.45) is 5.73 Å². The molecule has 3 N–H and O–H groups in total. The highest BCUT2D eigenvalue weighted by atomic mass is 32.2. The van der Waals surface area contributed by atoms with Gasteiger partial charge in [0.15, 0.2) is 5.03 Å². The molecule has 0 spiro atoms. The van der Waals surface area contributed by atoms with Crippen molar-refractivity contribution in [1.29, 1.82) is 0 Å². The summed E-state index contributed by atoms with van der Waals surface area (Å²) in [6.45, 7) is 0.354. The highest BCUT2D eigenvalue weighted by Crippen LogP contribution is 2.04. The van der Waals surface area contributed by atoms with Crippen LogP contribution in [0.1, 0.15) is 5.56 Å². The minimum atomic E-state index is -3.43. The van der Waals surface area contributed by atoms with E-state index in [1.54, 1.807) is 6.07 Å². The average Bonchev–Trinajstić information content (AvgIpc) is 2.18. The predicted molar refractivity (Wildman–Crippen MR) is 48.4 cm³/mol. The summed E-state index contributed by atoms with van der Waals surface area (Å²) in [6.07, 6.45) is 1.45. The number of hydrogen-bond acceptors (Lipinski definition) is 4. The van der Waals surface area contributed by atoms with E-state index < -0.39 is 10.0 Å². The first-order chi connectivity index (χ1) is 6.10. The first-order valence-electron chi connectivity index (χ1n) is 3.68. The van der Waals surface area contributed by atoms with Crippen LogP contribution >= 0.6 is 0 Å². The van der Waals surface area contributed by atoms with Crippen LogP contribution in [0.4, 0.5) is 0 Å². The molecule has 0 aliphatic heterocycles.